The van der Waals surface area contributed by atoms with E-state index >= 15 is 0 Å². The minimum Gasteiger partial charge on any atom is -0.469 e. The van der Waals surface area contributed by atoms with Gasteiger partial charge in [0.15, 0.2) is 0 Å². The zero-order chi connectivity index (χ0) is 26.1. The van der Waals surface area contributed by atoms with Crippen LogP contribution in [-0.2, 0) is 30.7 Å². The van der Waals surface area contributed by atoms with E-state index in [0.29, 0.717) is 37.9 Å². The van der Waals surface area contributed by atoms with Crippen molar-refractivity contribution in [2.75, 3.05) is 20.8 Å². The molecule has 0 spiro atoms. The van der Waals surface area contributed by atoms with Crippen molar-refractivity contribution in [2.24, 2.45) is 16.2 Å². The molecule has 0 amide bonds. The van der Waals surface area contributed by atoms with E-state index < -0.39 is 20.6 Å². The van der Waals surface area contributed by atoms with Crippen molar-refractivity contribution in [3.63, 3.8) is 0 Å². The summed E-state index contributed by atoms with van der Waals surface area (Å²) >= 11 is 0. The maximum absolute atomic E-state index is 12.7. The summed E-state index contributed by atoms with van der Waals surface area (Å²) in [6.45, 7) is 0.604. The standard InChI is InChI=1S/C26H28N2O7S/c1-34-16-15-20-5-3-19(4-6-20)7-10-22-13-14-24(17-25(22)28(30)31)36(32,33)27-18-21-8-11-23(12-9-21)26(29)35-2/h3-6,13-14,17-18,21,23H,8-9,11-12,15-16H2,1-2H3/b27-18+. The molecule has 0 radical (unpaired) electrons. The molecule has 0 N–H and O–H groups in total. The van der Waals surface area contributed by atoms with Gasteiger partial charge in [-0.15, -0.1) is 0 Å². The highest BCUT2D eigenvalue weighted by Gasteiger charge is 2.27. The number of nitro benzene ring substituents is 1. The second kappa shape index (κ2) is 12.4. The maximum Gasteiger partial charge on any atom is 0.308 e. The monoisotopic (exact) mass is 512 g/mol. The highest BCUT2D eigenvalue weighted by atomic mass is 32.2. The Kier molecular flexibility index (Phi) is 9.33. The molecular formula is C26H28N2O7S. The lowest BCUT2D eigenvalue weighted by atomic mass is 9.83. The SMILES string of the molecule is COCCc1ccc(C#Cc2ccc(S(=O)(=O)/N=C/C3CCC(C(=O)OC)CC3)cc2[N+](=O)[O-])cc1. The average Bonchev–Trinajstić information content (AvgIpc) is 2.89. The Bertz CT molecular complexity index is 1280. The summed E-state index contributed by atoms with van der Waals surface area (Å²) in [4.78, 5) is 22.3. The van der Waals surface area contributed by atoms with Gasteiger partial charge in [0.2, 0.25) is 0 Å². The van der Waals surface area contributed by atoms with Gasteiger partial charge in [0.1, 0.15) is 5.56 Å². The third-order valence-corrected chi connectivity index (χ3v) is 7.32. The third kappa shape index (κ3) is 7.23. The molecule has 10 heteroatoms. The summed E-state index contributed by atoms with van der Waals surface area (Å²) < 4.78 is 39.0. The second-order valence-corrected chi connectivity index (χ2v) is 10.1. The van der Waals surface area contributed by atoms with E-state index in [2.05, 4.69) is 16.2 Å². The first kappa shape index (κ1) is 27.0. The van der Waals surface area contributed by atoms with Gasteiger partial charge in [-0.3, -0.25) is 14.9 Å². The molecule has 1 aliphatic rings. The number of carbonyl (C=O) groups is 1. The highest BCUT2D eigenvalue weighted by Crippen LogP contribution is 2.29. The first-order chi connectivity index (χ1) is 17.2. The normalized spacial score (nSPS) is 17.8. The molecule has 3 rings (SSSR count). The zero-order valence-corrected chi connectivity index (χ0v) is 21.0. The Balaban J connectivity index is 1.74. The molecule has 2 aromatic rings. The molecule has 0 unspecified atom stereocenters. The Morgan fingerprint density at radius 2 is 1.81 bits per heavy atom. The van der Waals surface area contributed by atoms with E-state index in [4.69, 9.17) is 9.47 Å². The number of rotatable bonds is 8. The van der Waals surface area contributed by atoms with Gasteiger partial charge in [-0.1, -0.05) is 24.0 Å². The summed E-state index contributed by atoms with van der Waals surface area (Å²) in [7, 11) is -1.15. The van der Waals surface area contributed by atoms with Crippen LogP contribution < -0.4 is 0 Å². The van der Waals surface area contributed by atoms with Crippen LogP contribution >= 0.6 is 0 Å². The molecule has 190 valence electrons. The fourth-order valence-corrected chi connectivity index (χ4v) is 4.90. The minimum atomic E-state index is -4.13. The van der Waals surface area contributed by atoms with Crippen molar-refractivity contribution in [1.29, 1.82) is 0 Å². The molecule has 0 atom stereocenters. The van der Waals surface area contributed by atoms with Crippen LogP contribution in [0.2, 0.25) is 0 Å². The molecule has 1 fully saturated rings. The summed E-state index contributed by atoms with van der Waals surface area (Å²) in [5, 5.41) is 11.6. The largest absolute Gasteiger partial charge is 0.469 e. The van der Waals surface area contributed by atoms with Crippen molar-refractivity contribution in [3.05, 3.63) is 69.3 Å². The molecule has 0 heterocycles. The van der Waals surface area contributed by atoms with Gasteiger partial charge in [0.25, 0.3) is 15.7 Å². The quantitative estimate of drug-likeness (QED) is 0.173. The first-order valence-electron chi connectivity index (χ1n) is 11.5. The van der Waals surface area contributed by atoms with Gasteiger partial charge < -0.3 is 9.47 Å². The van der Waals surface area contributed by atoms with E-state index in [1.54, 1.807) is 7.11 Å². The fraction of sp³-hybridized carbons (Fsp3) is 0.385. The Labute approximate surface area is 210 Å². The lowest BCUT2D eigenvalue weighted by Crippen LogP contribution is -2.23. The van der Waals surface area contributed by atoms with Crippen LogP contribution in [0.5, 0.6) is 0 Å². The van der Waals surface area contributed by atoms with E-state index in [0.717, 1.165) is 18.1 Å². The molecule has 0 aliphatic heterocycles. The number of hydrogen-bond donors (Lipinski definition) is 0. The smallest absolute Gasteiger partial charge is 0.308 e. The third-order valence-electron chi connectivity index (χ3n) is 6.07. The Morgan fingerprint density at radius 1 is 1.11 bits per heavy atom. The number of ether oxygens (including phenoxy) is 2. The van der Waals surface area contributed by atoms with E-state index in [1.165, 1.54) is 25.5 Å². The van der Waals surface area contributed by atoms with Gasteiger partial charge in [-0.25, -0.2) is 0 Å². The maximum atomic E-state index is 12.7. The second-order valence-electron chi connectivity index (χ2n) is 8.49. The van der Waals surface area contributed by atoms with Crippen molar-refractivity contribution < 1.29 is 27.6 Å². The van der Waals surface area contributed by atoms with Gasteiger partial charge >= 0.3 is 5.97 Å². The molecule has 0 bridgehead atoms. The summed E-state index contributed by atoms with van der Waals surface area (Å²) in [5.41, 5.74) is 1.45. The molecule has 0 saturated heterocycles. The number of esters is 1. The van der Waals surface area contributed by atoms with Crippen molar-refractivity contribution in [1.82, 2.24) is 0 Å². The van der Waals surface area contributed by atoms with Gasteiger partial charge in [-0.05, 0) is 67.9 Å². The highest BCUT2D eigenvalue weighted by molar-refractivity contribution is 7.90. The molecule has 2 aromatic carbocycles. The lowest BCUT2D eigenvalue weighted by molar-refractivity contribution is -0.385. The van der Waals surface area contributed by atoms with Gasteiger partial charge in [0.05, 0.1) is 29.5 Å². The van der Waals surface area contributed by atoms with E-state index in [9.17, 15) is 23.3 Å². The van der Waals surface area contributed by atoms with E-state index in [1.807, 2.05) is 24.3 Å². The van der Waals surface area contributed by atoms with Crippen LogP contribution in [0.4, 0.5) is 5.69 Å². The topological polar surface area (TPSA) is 125 Å². The summed E-state index contributed by atoms with van der Waals surface area (Å²) in [5.74, 6) is 5.12. The van der Waals surface area contributed by atoms with E-state index in [-0.39, 0.29) is 28.3 Å². The van der Waals surface area contributed by atoms with Crippen molar-refractivity contribution in [3.8, 4) is 11.8 Å². The molecule has 9 nitrogen and oxygen atoms in total. The van der Waals surface area contributed by atoms with Gasteiger partial charge in [-0.2, -0.15) is 12.8 Å². The molecular weight excluding hydrogens is 484 g/mol. The van der Waals surface area contributed by atoms with Crippen LogP contribution in [0.25, 0.3) is 0 Å². The lowest BCUT2D eigenvalue weighted by Gasteiger charge is -2.24. The van der Waals surface area contributed by atoms with Gasteiger partial charge in [0, 0.05) is 25.0 Å². The first-order valence-corrected chi connectivity index (χ1v) is 12.9. The van der Waals surface area contributed by atoms with Crippen LogP contribution in [0.3, 0.4) is 0 Å². The number of carbonyl (C=O) groups excluding carboxylic acids is 1. The Morgan fingerprint density at radius 3 is 2.42 bits per heavy atom. The van der Waals surface area contributed by atoms with Crippen LogP contribution in [-0.4, -0.2) is 46.4 Å². The predicted octanol–water partition coefficient (Wildman–Crippen LogP) is 3.92. The summed E-state index contributed by atoms with van der Waals surface area (Å²) in [6.07, 6.45) is 4.54. The number of methoxy groups -OCH3 is 2. The molecule has 1 aliphatic carbocycles. The zero-order valence-electron chi connectivity index (χ0n) is 20.2. The summed E-state index contributed by atoms with van der Waals surface area (Å²) in [6, 6.07) is 11.0. The molecule has 0 aromatic heterocycles. The van der Waals surface area contributed by atoms with Crippen molar-refractivity contribution >= 4 is 27.9 Å². The average molecular weight is 513 g/mol. The van der Waals surface area contributed by atoms with Crippen LogP contribution in [0, 0.1) is 33.8 Å². The number of nitro groups is 1. The number of hydrogen-bond acceptors (Lipinski definition) is 7. The fourth-order valence-electron chi connectivity index (χ4n) is 3.94. The van der Waals surface area contributed by atoms with Crippen LogP contribution in [0.15, 0.2) is 51.8 Å². The molecule has 1 saturated carbocycles. The number of nitrogens with zero attached hydrogens (tertiary/aromatic N) is 2. The minimum absolute atomic E-state index is 0.0957. The Hall–Kier alpha value is -3.55. The number of benzene rings is 2. The van der Waals surface area contributed by atoms with Crippen LogP contribution in [0.1, 0.15) is 42.4 Å². The van der Waals surface area contributed by atoms with Crippen molar-refractivity contribution in [2.45, 2.75) is 37.0 Å². The predicted molar refractivity (Wildman–Crippen MR) is 134 cm³/mol. The molecule has 36 heavy (non-hydrogen) atoms. The number of sulfonamides is 1.